The molecule has 0 saturated heterocycles. The third-order valence-electron chi connectivity index (χ3n) is 3.84. The van der Waals surface area contributed by atoms with Gasteiger partial charge in [-0.05, 0) is 37.3 Å². The number of rotatable bonds is 6. The second-order valence-electron chi connectivity index (χ2n) is 5.39. The van der Waals surface area contributed by atoms with E-state index in [9.17, 15) is 9.59 Å². The lowest BCUT2D eigenvalue weighted by molar-refractivity contribution is 0.0732. The van der Waals surface area contributed by atoms with Crippen molar-refractivity contribution in [2.45, 2.75) is 6.92 Å². The van der Waals surface area contributed by atoms with Crippen LogP contribution in [-0.4, -0.2) is 48.6 Å². The molecule has 1 N–H and O–H groups in total. The highest BCUT2D eigenvalue weighted by atomic mass is 16.3. The number of benzene rings is 2. The lowest BCUT2D eigenvalue weighted by Crippen LogP contribution is -2.33. The average Bonchev–Trinajstić information content (AvgIpc) is 2.65. The molecule has 2 aromatic rings. The van der Waals surface area contributed by atoms with E-state index in [1.807, 2.05) is 37.3 Å². The third-order valence-corrected chi connectivity index (χ3v) is 3.84. The van der Waals surface area contributed by atoms with Crippen molar-refractivity contribution >= 4 is 17.5 Å². The van der Waals surface area contributed by atoms with Crippen LogP contribution in [0.1, 0.15) is 27.6 Å². The molecule has 0 saturated carbocycles. The second kappa shape index (κ2) is 8.26. The first-order valence-corrected chi connectivity index (χ1v) is 7.91. The van der Waals surface area contributed by atoms with Gasteiger partial charge in [0, 0.05) is 37.0 Å². The summed E-state index contributed by atoms with van der Waals surface area (Å²) in [4.78, 5) is 28.2. The summed E-state index contributed by atoms with van der Waals surface area (Å²) in [6.07, 6.45) is 0. The molecular weight excluding hydrogens is 304 g/mol. The van der Waals surface area contributed by atoms with Crippen LogP contribution in [0.5, 0.6) is 0 Å². The number of aliphatic hydroxyl groups is 1. The first-order valence-electron chi connectivity index (χ1n) is 7.91. The zero-order valence-electron chi connectivity index (χ0n) is 14.0. The molecule has 24 heavy (non-hydrogen) atoms. The summed E-state index contributed by atoms with van der Waals surface area (Å²) in [6, 6.07) is 16.0. The largest absolute Gasteiger partial charge is 0.395 e. The van der Waals surface area contributed by atoms with E-state index >= 15 is 0 Å². The summed E-state index contributed by atoms with van der Waals surface area (Å²) in [5.41, 5.74) is 1.68. The fraction of sp³-hybridized carbons (Fsp3) is 0.263. The standard InChI is InChI=1S/C19H22N2O3/c1-3-21(12-13-22)19(24)16-9-7-8-15(14-16)18(23)20(2)17-10-5-4-6-11-17/h4-11,14,22H,3,12-13H2,1-2H3. The Kier molecular flexibility index (Phi) is 6.09. The molecule has 0 atom stereocenters. The van der Waals surface area contributed by atoms with E-state index in [2.05, 4.69) is 0 Å². The highest BCUT2D eigenvalue weighted by Crippen LogP contribution is 2.16. The zero-order valence-corrected chi connectivity index (χ0v) is 14.0. The number of carbonyl (C=O) groups is 2. The highest BCUT2D eigenvalue weighted by molar-refractivity contribution is 6.07. The van der Waals surface area contributed by atoms with Gasteiger partial charge >= 0.3 is 0 Å². The molecule has 5 nitrogen and oxygen atoms in total. The summed E-state index contributed by atoms with van der Waals surface area (Å²) >= 11 is 0. The zero-order chi connectivity index (χ0) is 17.5. The Balaban J connectivity index is 2.23. The molecule has 5 heteroatoms. The van der Waals surface area contributed by atoms with Crippen molar-refractivity contribution in [2.24, 2.45) is 0 Å². The van der Waals surface area contributed by atoms with E-state index in [0.29, 0.717) is 17.7 Å². The summed E-state index contributed by atoms with van der Waals surface area (Å²) in [7, 11) is 1.70. The minimum atomic E-state index is -0.191. The Hall–Kier alpha value is -2.66. The number of carbonyl (C=O) groups excluding carboxylic acids is 2. The van der Waals surface area contributed by atoms with E-state index < -0.39 is 0 Å². The summed E-state index contributed by atoms with van der Waals surface area (Å²) < 4.78 is 0. The van der Waals surface area contributed by atoms with Crippen molar-refractivity contribution in [1.82, 2.24) is 4.90 Å². The molecule has 0 aliphatic rings. The van der Waals surface area contributed by atoms with Crippen LogP contribution in [-0.2, 0) is 0 Å². The van der Waals surface area contributed by atoms with Gasteiger partial charge in [-0.3, -0.25) is 9.59 Å². The molecular formula is C19H22N2O3. The molecule has 2 aromatic carbocycles. The normalized spacial score (nSPS) is 10.3. The summed E-state index contributed by atoms with van der Waals surface area (Å²) in [5, 5.41) is 9.05. The Morgan fingerprint density at radius 2 is 1.58 bits per heavy atom. The van der Waals surface area contributed by atoms with Gasteiger partial charge in [-0.25, -0.2) is 0 Å². The number of amides is 2. The van der Waals surface area contributed by atoms with Crippen molar-refractivity contribution in [2.75, 3.05) is 31.6 Å². The lowest BCUT2D eigenvalue weighted by Gasteiger charge is -2.21. The molecule has 0 bridgehead atoms. The van der Waals surface area contributed by atoms with Crippen LogP contribution in [0.4, 0.5) is 5.69 Å². The number of hydrogen-bond donors (Lipinski definition) is 1. The topological polar surface area (TPSA) is 60.9 Å². The monoisotopic (exact) mass is 326 g/mol. The molecule has 0 aromatic heterocycles. The Morgan fingerprint density at radius 3 is 2.17 bits per heavy atom. The Labute approximate surface area is 142 Å². The van der Waals surface area contributed by atoms with Crippen molar-refractivity contribution in [3.05, 3.63) is 65.7 Å². The SMILES string of the molecule is CCN(CCO)C(=O)c1cccc(C(=O)N(C)c2ccccc2)c1. The van der Waals surface area contributed by atoms with Crippen LogP contribution < -0.4 is 4.90 Å². The summed E-state index contributed by atoms with van der Waals surface area (Å²) in [5.74, 6) is -0.371. The first-order chi connectivity index (χ1) is 11.6. The van der Waals surface area contributed by atoms with Gasteiger partial charge in [0.05, 0.1) is 6.61 Å². The minimum absolute atomic E-state index is 0.0883. The molecule has 2 rings (SSSR count). The van der Waals surface area contributed by atoms with Gasteiger partial charge in [0.2, 0.25) is 0 Å². The average molecular weight is 326 g/mol. The Morgan fingerprint density at radius 1 is 0.958 bits per heavy atom. The maximum absolute atomic E-state index is 12.6. The van der Waals surface area contributed by atoms with Gasteiger partial charge < -0.3 is 14.9 Å². The van der Waals surface area contributed by atoms with E-state index in [4.69, 9.17) is 5.11 Å². The number of aliphatic hydroxyl groups excluding tert-OH is 1. The molecule has 2 amide bonds. The van der Waals surface area contributed by atoms with Gasteiger partial charge in [0.25, 0.3) is 11.8 Å². The van der Waals surface area contributed by atoms with E-state index in [-0.39, 0.29) is 25.0 Å². The molecule has 126 valence electrons. The quantitative estimate of drug-likeness (QED) is 0.887. The van der Waals surface area contributed by atoms with Gasteiger partial charge in [-0.15, -0.1) is 0 Å². The van der Waals surface area contributed by atoms with Crippen molar-refractivity contribution in [3.8, 4) is 0 Å². The van der Waals surface area contributed by atoms with Crippen LogP contribution in [0.15, 0.2) is 54.6 Å². The van der Waals surface area contributed by atoms with Crippen molar-refractivity contribution in [1.29, 1.82) is 0 Å². The predicted octanol–water partition coefficient (Wildman–Crippen LogP) is 2.42. The van der Waals surface area contributed by atoms with Crippen molar-refractivity contribution in [3.63, 3.8) is 0 Å². The van der Waals surface area contributed by atoms with E-state index in [0.717, 1.165) is 5.69 Å². The molecule has 0 fully saturated rings. The maximum atomic E-state index is 12.6. The second-order valence-corrected chi connectivity index (χ2v) is 5.39. The van der Waals surface area contributed by atoms with Crippen LogP contribution in [0, 0.1) is 0 Å². The van der Waals surface area contributed by atoms with Crippen LogP contribution in [0.2, 0.25) is 0 Å². The fourth-order valence-corrected chi connectivity index (χ4v) is 2.45. The molecule has 0 spiro atoms. The van der Waals surface area contributed by atoms with Gasteiger partial charge in [0.15, 0.2) is 0 Å². The third kappa shape index (κ3) is 4.00. The number of nitrogens with zero attached hydrogens (tertiary/aromatic N) is 2. The molecule has 0 radical (unpaired) electrons. The van der Waals surface area contributed by atoms with Gasteiger partial charge in [-0.2, -0.15) is 0 Å². The minimum Gasteiger partial charge on any atom is -0.395 e. The van der Waals surface area contributed by atoms with Crippen molar-refractivity contribution < 1.29 is 14.7 Å². The molecule has 0 aliphatic carbocycles. The first kappa shape index (κ1) is 17.7. The number of para-hydroxylation sites is 1. The predicted molar refractivity (Wildman–Crippen MR) is 94.3 cm³/mol. The highest BCUT2D eigenvalue weighted by Gasteiger charge is 2.18. The molecule has 0 unspecified atom stereocenters. The fourth-order valence-electron chi connectivity index (χ4n) is 2.45. The van der Waals surface area contributed by atoms with Gasteiger partial charge in [-0.1, -0.05) is 24.3 Å². The van der Waals surface area contributed by atoms with Crippen LogP contribution >= 0.6 is 0 Å². The van der Waals surface area contributed by atoms with E-state index in [1.54, 1.807) is 41.1 Å². The number of hydrogen-bond acceptors (Lipinski definition) is 3. The number of anilines is 1. The summed E-state index contributed by atoms with van der Waals surface area (Å²) in [6.45, 7) is 2.54. The Bertz CT molecular complexity index is 701. The van der Waals surface area contributed by atoms with E-state index in [1.165, 1.54) is 0 Å². The number of likely N-dealkylation sites (N-methyl/N-ethyl adjacent to an activating group) is 1. The maximum Gasteiger partial charge on any atom is 0.258 e. The van der Waals surface area contributed by atoms with Crippen LogP contribution in [0.3, 0.4) is 0 Å². The lowest BCUT2D eigenvalue weighted by atomic mass is 10.1. The molecule has 0 heterocycles. The van der Waals surface area contributed by atoms with Gasteiger partial charge in [0.1, 0.15) is 0 Å². The van der Waals surface area contributed by atoms with Crippen LogP contribution in [0.25, 0.3) is 0 Å². The molecule has 0 aliphatic heterocycles. The smallest absolute Gasteiger partial charge is 0.258 e.